The average molecular weight is 140 g/mol. The third-order valence-electron chi connectivity index (χ3n) is 0. The summed E-state index contributed by atoms with van der Waals surface area (Å²) in [5, 5.41) is 21.5. The van der Waals surface area contributed by atoms with Crippen LogP contribution in [-0.2, 0) is 0 Å². The topological polar surface area (TPSA) is 60.7 Å². The molecule has 0 radical (unpaired) electrons. The minimum atomic E-state index is -2.17. The van der Waals surface area contributed by atoms with Crippen molar-refractivity contribution in [2.24, 2.45) is 0 Å². The molecule has 0 aliphatic heterocycles. The summed E-state index contributed by atoms with van der Waals surface area (Å²) >= 11 is 0. The SMILES string of the molecule is Cl.OB(O)O.[CaH2]. The van der Waals surface area contributed by atoms with Crippen molar-refractivity contribution < 1.29 is 15.1 Å². The van der Waals surface area contributed by atoms with Crippen LogP contribution in [0.25, 0.3) is 0 Å². The molecule has 3 N–H and O–H groups in total. The van der Waals surface area contributed by atoms with Gasteiger partial charge in [0.05, 0.1) is 0 Å². The Morgan fingerprint density at radius 1 is 1.00 bits per heavy atom. The zero-order valence-electron chi connectivity index (χ0n) is 2.33. The molecule has 0 rings (SSSR count). The fourth-order valence-electron chi connectivity index (χ4n) is 0. The van der Waals surface area contributed by atoms with Gasteiger partial charge in [-0.1, -0.05) is 0 Å². The van der Waals surface area contributed by atoms with Crippen molar-refractivity contribution in [3.05, 3.63) is 0 Å². The maximum absolute atomic E-state index is 7.17. The van der Waals surface area contributed by atoms with Gasteiger partial charge < -0.3 is 15.1 Å². The quantitative estimate of drug-likeness (QED) is 0.325. The first-order chi connectivity index (χ1) is 1.73. The Bertz CT molecular complexity index is 15.5. The van der Waals surface area contributed by atoms with Crippen LogP contribution in [0.15, 0.2) is 0 Å². The number of rotatable bonds is 0. The Hall–Kier alpha value is 1.49. The van der Waals surface area contributed by atoms with E-state index < -0.39 is 7.32 Å². The van der Waals surface area contributed by atoms with Gasteiger partial charge >= 0.3 is 45.1 Å². The summed E-state index contributed by atoms with van der Waals surface area (Å²) in [5.41, 5.74) is 0. The minimum absolute atomic E-state index is 0. The fourth-order valence-corrected chi connectivity index (χ4v) is 0. The van der Waals surface area contributed by atoms with Crippen molar-refractivity contribution in [3.8, 4) is 0 Å². The average Bonchev–Trinajstić information content (AvgIpc) is 0.811. The van der Waals surface area contributed by atoms with E-state index >= 15 is 0 Å². The van der Waals surface area contributed by atoms with Gasteiger partial charge in [-0.15, -0.1) is 12.4 Å². The summed E-state index contributed by atoms with van der Waals surface area (Å²) in [6.07, 6.45) is 0. The van der Waals surface area contributed by atoms with Crippen molar-refractivity contribution >= 4 is 57.5 Å². The van der Waals surface area contributed by atoms with Gasteiger partial charge in [0.1, 0.15) is 0 Å². The summed E-state index contributed by atoms with van der Waals surface area (Å²) in [6.45, 7) is 0. The molecule has 0 spiro atoms. The third kappa shape index (κ3) is 49.7. The van der Waals surface area contributed by atoms with Crippen LogP contribution in [0, 0.1) is 0 Å². The zero-order chi connectivity index (χ0) is 3.58. The molecule has 0 atom stereocenters. The Kier molecular flexibility index (Phi) is 25.3. The Morgan fingerprint density at radius 2 is 1.00 bits per heavy atom. The molecule has 0 aromatic carbocycles. The van der Waals surface area contributed by atoms with E-state index in [1.54, 1.807) is 0 Å². The van der Waals surface area contributed by atoms with Crippen molar-refractivity contribution in [1.29, 1.82) is 0 Å². The summed E-state index contributed by atoms with van der Waals surface area (Å²) in [7, 11) is -2.17. The van der Waals surface area contributed by atoms with Gasteiger partial charge in [0.15, 0.2) is 0 Å². The predicted molar refractivity (Wildman–Crippen MR) is 28.2 cm³/mol. The van der Waals surface area contributed by atoms with E-state index in [1.165, 1.54) is 0 Å². The van der Waals surface area contributed by atoms with Crippen LogP contribution >= 0.6 is 12.4 Å². The monoisotopic (exact) mass is 140 g/mol. The predicted octanol–water partition coefficient (Wildman–Crippen LogP) is -2.55. The van der Waals surface area contributed by atoms with Gasteiger partial charge in [0.2, 0.25) is 0 Å². The van der Waals surface area contributed by atoms with Crippen LogP contribution in [0.5, 0.6) is 0 Å². The van der Waals surface area contributed by atoms with Gasteiger partial charge in [-0.2, -0.15) is 0 Å². The van der Waals surface area contributed by atoms with E-state index in [1.807, 2.05) is 0 Å². The number of hydrogen-bond donors (Lipinski definition) is 3. The molecule has 3 nitrogen and oxygen atoms in total. The Labute approximate surface area is 72.0 Å². The van der Waals surface area contributed by atoms with Crippen LogP contribution in [-0.4, -0.2) is 60.1 Å². The van der Waals surface area contributed by atoms with Crippen molar-refractivity contribution in [1.82, 2.24) is 0 Å². The first kappa shape index (κ1) is 15.6. The van der Waals surface area contributed by atoms with E-state index in [4.69, 9.17) is 15.1 Å². The normalized spacial score (nSPS) is 4.50. The van der Waals surface area contributed by atoms with Crippen molar-refractivity contribution in [2.45, 2.75) is 0 Å². The molecule has 0 fully saturated rings. The van der Waals surface area contributed by atoms with Crippen LogP contribution in [0.4, 0.5) is 0 Å². The summed E-state index contributed by atoms with van der Waals surface area (Å²) in [5.74, 6) is 0. The second kappa shape index (κ2) is 9.71. The Balaban J connectivity index is -0.0000000450. The van der Waals surface area contributed by atoms with Crippen LogP contribution < -0.4 is 0 Å². The molecule has 0 bridgehead atoms. The molecule has 6 heavy (non-hydrogen) atoms. The van der Waals surface area contributed by atoms with Gasteiger partial charge in [-0.3, -0.25) is 0 Å². The summed E-state index contributed by atoms with van der Waals surface area (Å²) in [4.78, 5) is 0. The van der Waals surface area contributed by atoms with E-state index in [9.17, 15) is 0 Å². The second-order valence-corrected chi connectivity index (χ2v) is 0.346. The van der Waals surface area contributed by atoms with E-state index in [0.717, 1.165) is 0 Å². The molecule has 0 aromatic heterocycles. The van der Waals surface area contributed by atoms with Crippen LogP contribution in [0.3, 0.4) is 0 Å². The second-order valence-electron chi connectivity index (χ2n) is 0.346. The molecule has 0 saturated heterocycles. The molecule has 0 saturated carbocycles. The molecule has 0 aliphatic carbocycles. The van der Waals surface area contributed by atoms with Crippen LogP contribution in [0.1, 0.15) is 0 Å². The molecule has 0 amide bonds. The van der Waals surface area contributed by atoms with Gasteiger partial charge in [-0.05, 0) is 0 Å². The van der Waals surface area contributed by atoms with E-state index in [-0.39, 0.29) is 50.1 Å². The molecule has 6 heteroatoms. The van der Waals surface area contributed by atoms with Crippen molar-refractivity contribution in [2.75, 3.05) is 0 Å². The van der Waals surface area contributed by atoms with Crippen LogP contribution in [0.2, 0.25) is 0 Å². The van der Waals surface area contributed by atoms with E-state index in [2.05, 4.69) is 0 Å². The molecule has 0 heterocycles. The molecule has 36 valence electrons. The fraction of sp³-hybridized carbons (Fsp3) is 0. The summed E-state index contributed by atoms with van der Waals surface area (Å²) < 4.78 is 0. The number of halogens is 1. The Morgan fingerprint density at radius 3 is 1.00 bits per heavy atom. The molecular weight excluding hydrogens is 134 g/mol. The first-order valence-corrected chi connectivity index (χ1v) is 0.775. The maximum atomic E-state index is 7.17. The number of hydrogen-bond acceptors (Lipinski definition) is 3. The van der Waals surface area contributed by atoms with Crippen molar-refractivity contribution in [3.63, 3.8) is 0 Å². The standard InChI is InChI=1S/BH3O3.Ca.ClH.2H/c2-1(3)4;;;;/h2-4H;;1H;;. The first-order valence-electron chi connectivity index (χ1n) is 0.775. The zero-order valence-corrected chi connectivity index (χ0v) is 3.14. The molecule has 0 unspecified atom stereocenters. The molecular formula is H6BCaClO3. The van der Waals surface area contributed by atoms with E-state index in [0.29, 0.717) is 0 Å². The third-order valence-corrected chi connectivity index (χ3v) is 0. The molecule has 0 aliphatic rings. The summed E-state index contributed by atoms with van der Waals surface area (Å²) in [6, 6.07) is 0. The van der Waals surface area contributed by atoms with Gasteiger partial charge in [0.25, 0.3) is 0 Å². The molecule has 0 aromatic rings. The van der Waals surface area contributed by atoms with Gasteiger partial charge in [-0.25, -0.2) is 0 Å². The van der Waals surface area contributed by atoms with Gasteiger partial charge in [0, 0.05) is 0 Å².